The molecule has 0 spiro atoms. The van der Waals surface area contributed by atoms with E-state index < -0.39 is 0 Å². The molecule has 1 N–H and O–H groups in total. The van der Waals surface area contributed by atoms with Crippen molar-refractivity contribution in [3.8, 4) is 6.07 Å². The molecular weight excluding hydrogens is 388 g/mol. The molecule has 0 fully saturated rings. The monoisotopic (exact) mass is 404 g/mol. The van der Waals surface area contributed by atoms with Crippen LogP contribution in [0, 0.1) is 25.2 Å². The first-order valence-corrected chi connectivity index (χ1v) is 9.37. The summed E-state index contributed by atoms with van der Waals surface area (Å²) >= 11 is 6.18. The fourth-order valence-corrected chi connectivity index (χ4v) is 3.81. The van der Waals surface area contributed by atoms with Crippen LogP contribution in [0.4, 0.5) is 17.1 Å². The standard InChI is InChI=1S/C22H17ClN4O2/c1-13-15(11-24)4-3-5-18(13)26-12-27(19-8-9-21(28)25-14(19)2)22(29)17-10-16(23)6-7-20(17)26/h3-10H,12H2,1-2H3,(H,25,28). The first-order chi connectivity index (χ1) is 13.9. The van der Waals surface area contributed by atoms with Gasteiger partial charge in [-0.15, -0.1) is 0 Å². The van der Waals surface area contributed by atoms with E-state index in [2.05, 4.69) is 11.1 Å². The maximum Gasteiger partial charge on any atom is 0.261 e. The lowest BCUT2D eigenvalue weighted by molar-refractivity contribution is 0.0983. The highest BCUT2D eigenvalue weighted by Crippen LogP contribution is 2.38. The number of benzene rings is 2. The van der Waals surface area contributed by atoms with Gasteiger partial charge in [-0.3, -0.25) is 14.5 Å². The lowest BCUT2D eigenvalue weighted by Crippen LogP contribution is -2.45. The third-order valence-electron chi connectivity index (χ3n) is 5.10. The Balaban J connectivity index is 1.93. The number of fused-ring (bicyclic) bond motifs is 1. The summed E-state index contributed by atoms with van der Waals surface area (Å²) in [6.45, 7) is 3.87. The van der Waals surface area contributed by atoms with Crippen LogP contribution in [0.3, 0.4) is 0 Å². The van der Waals surface area contributed by atoms with E-state index >= 15 is 0 Å². The number of carbonyl (C=O) groups is 1. The quantitative estimate of drug-likeness (QED) is 0.691. The number of hydrogen-bond donors (Lipinski definition) is 1. The van der Waals surface area contributed by atoms with Crippen molar-refractivity contribution in [1.29, 1.82) is 5.26 Å². The molecular formula is C22H17ClN4O2. The fraction of sp³-hybridized carbons (Fsp3) is 0.136. The average Bonchev–Trinajstić information content (AvgIpc) is 2.70. The van der Waals surface area contributed by atoms with Crippen molar-refractivity contribution in [3.05, 3.63) is 86.3 Å². The molecule has 4 rings (SSSR count). The minimum absolute atomic E-state index is 0.206. The second-order valence-electron chi connectivity index (χ2n) is 6.86. The smallest absolute Gasteiger partial charge is 0.261 e. The van der Waals surface area contributed by atoms with Gasteiger partial charge in [0.05, 0.1) is 28.6 Å². The van der Waals surface area contributed by atoms with Crippen molar-refractivity contribution >= 4 is 34.6 Å². The highest BCUT2D eigenvalue weighted by molar-refractivity contribution is 6.31. The number of nitriles is 1. The molecule has 1 amide bonds. The number of anilines is 3. The highest BCUT2D eigenvalue weighted by Gasteiger charge is 2.32. The molecule has 1 aliphatic heterocycles. The largest absolute Gasteiger partial charge is 0.324 e. The van der Waals surface area contributed by atoms with Gasteiger partial charge in [-0.2, -0.15) is 5.26 Å². The van der Waals surface area contributed by atoms with Crippen molar-refractivity contribution in [2.75, 3.05) is 16.5 Å². The van der Waals surface area contributed by atoms with Crippen molar-refractivity contribution in [3.63, 3.8) is 0 Å². The second-order valence-corrected chi connectivity index (χ2v) is 7.29. The van der Waals surface area contributed by atoms with Crippen LogP contribution >= 0.6 is 11.6 Å². The summed E-state index contributed by atoms with van der Waals surface area (Å²) in [7, 11) is 0. The number of aromatic nitrogens is 1. The van der Waals surface area contributed by atoms with Crippen LogP contribution in [0.2, 0.25) is 5.02 Å². The molecule has 0 atom stereocenters. The van der Waals surface area contributed by atoms with Gasteiger partial charge in [0.15, 0.2) is 0 Å². The molecule has 7 heteroatoms. The predicted molar refractivity (Wildman–Crippen MR) is 113 cm³/mol. The zero-order chi connectivity index (χ0) is 20.7. The minimum atomic E-state index is -0.228. The molecule has 2 aromatic carbocycles. The zero-order valence-corrected chi connectivity index (χ0v) is 16.6. The molecule has 2 heterocycles. The average molecular weight is 405 g/mol. The molecule has 0 radical (unpaired) electrons. The number of rotatable bonds is 2. The minimum Gasteiger partial charge on any atom is -0.324 e. The number of nitrogens with zero attached hydrogens (tertiary/aromatic N) is 3. The summed E-state index contributed by atoms with van der Waals surface area (Å²) in [6, 6.07) is 15.9. The Bertz CT molecular complexity index is 1240. The SMILES string of the molecule is Cc1[nH]c(=O)ccc1N1CN(c2cccc(C#N)c2C)c2ccc(Cl)cc2C1=O. The van der Waals surface area contributed by atoms with E-state index in [4.69, 9.17) is 11.6 Å². The fourth-order valence-electron chi connectivity index (χ4n) is 3.63. The zero-order valence-electron chi connectivity index (χ0n) is 15.9. The van der Waals surface area contributed by atoms with Gasteiger partial charge in [0.2, 0.25) is 5.56 Å². The molecule has 0 aliphatic carbocycles. The van der Waals surface area contributed by atoms with Gasteiger partial charge in [0.25, 0.3) is 5.91 Å². The van der Waals surface area contributed by atoms with Crippen molar-refractivity contribution in [2.24, 2.45) is 0 Å². The van der Waals surface area contributed by atoms with E-state index in [-0.39, 0.29) is 18.1 Å². The maximum absolute atomic E-state index is 13.3. The Morgan fingerprint density at radius 1 is 1.00 bits per heavy atom. The predicted octanol–water partition coefficient (Wildman–Crippen LogP) is 4.27. The molecule has 0 saturated heterocycles. The Kier molecular flexibility index (Phi) is 4.61. The van der Waals surface area contributed by atoms with Crippen LogP contribution < -0.4 is 15.4 Å². The Hall–Kier alpha value is -3.56. The van der Waals surface area contributed by atoms with E-state index in [9.17, 15) is 14.9 Å². The first kappa shape index (κ1) is 18.8. The highest BCUT2D eigenvalue weighted by atomic mass is 35.5. The topological polar surface area (TPSA) is 80.2 Å². The summed E-state index contributed by atoms with van der Waals surface area (Å²) < 4.78 is 0. The Labute approximate surface area is 172 Å². The summed E-state index contributed by atoms with van der Waals surface area (Å²) in [5.41, 5.74) is 4.37. The van der Waals surface area contributed by atoms with Crippen molar-refractivity contribution < 1.29 is 4.79 Å². The van der Waals surface area contributed by atoms with Crippen molar-refractivity contribution in [1.82, 2.24) is 4.98 Å². The lowest BCUT2D eigenvalue weighted by Gasteiger charge is -2.39. The first-order valence-electron chi connectivity index (χ1n) is 8.99. The van der Waals surface area contributed by atoms with Crippen LogP contribution in [-0.4, -0.2) is 17.6 Å². The molecule has 0 unspecified atom stereocenters. The third-order valence-corrected chi connectivity index (χ3v) is 5.34. The number of carbonyl (C=O) groups excluding carboxylic acids is 1. The second kappa shape index (κ2) is 7.12. The Morgan fingerprint density at radius 2 is 1.76 bits per heavy atom. The van der Waals surface area contributed by atoms with E-state index in [1.807, 2.05) is 30.0 Å². The van der Waals surface area contributed by atoms with Crippen LogP contribution in [0.1, 0.15) is 27.2 Å². The summed E-state index contributed by atoms with van der Waals surface area (Å²) in [5, 5.41) is 9.88. The van der Waals surface area contributed by atoms with Gasteiger partial charge in [-0.25, -0.2) is 0 Å². The van der Waals surface area contributed by atoms with E-state index in [1.54, 1.807) is 36.1 Å². The number of hydrogen-bond acceptors (Lipinski definition) is 4. The molecule has 1 aromatic heterocycles. The van der Waals surface area contributed by atoms with Gasteiger partial charge >= 0.3 is 0 Å². The van der Waals surface area contributed by atoms with Gasteiger partial charge in [-0.1, -0.05) is 17.7 Å². The van der Waals surface area contributed by atoms with E-state index in [0.29, 0.717) is 27.5 Å². The number of pyridine rings is 1. The number of aryl methyl sites for hydroxylation is 1. The Morgan fingerprint density at radius 3 is 2.48 bits per heavy atom. The van der Waals surface area contributed by atoms with Crippen molar-refractivity contribution in [2.45, 2.75) is 13.8 Å². The number of H-pyrrole nitrogens is 1. The molecule has 29 heavy (non-hydrogen) atoms. The summed E-state index contributed by atoms with van der Waals surface area (Å²) in [6.07, 6.45) is 0. The molecule has 3 aromatic rings. The molecule has 1 aliphatic rings. The van der Waals surface area contributed by atoms with E-state index in [1.165, 1.54) is 6.07 Å². The van der Waals surface area contributed by atoms with Gasteiger partial charge in [0, 0.05) is 22.5 Å². The third kappa shape index (κ3) is 3.16. The summed E-state index contributed by atoms with van der Waals surface area (Å²) in [4.78, 5) is 31.2. The number of halogens is 1. The number of nitrogens with one attached hydrogen (secondary N) is 1. The van der Waals surface area contributed by atoms with Gasteiger partial charge < -0.3 is 9.88 Å². The van der Waals surface area contributed by atoms with Crippen LogP contribution in [0.25, 0.3) is 0 Å². The normalized spacial score (nSPS) is 13.2. The number of amides is 1. The number of aromatic amines is 1. The van der Waals surface area contributed by atoms with Gasteiger partial charge in [0.1, 0.15) is 6.67 Å². The van der Waals surface area contributed by atoms with Crippen LogP contribution in [0.15, 0.2) is 53.3 Å². The molecule has 6 nitrogen and oxygen atoms in total. The van der Waals surface area contributed by atoms with Gasteiger partial charge in [-0.05, 0) is 55.8 Å². The molecule has 0 bridgehead atoms. The van der Waals surface area contributed by atoms with Crippen LogP contribution in [-0.2, 0) is 0 Å². The molecule has 0 saturated carbocycles. The van der Waals surface area contributed by atoms with E-state index in [0.717, 1.165) is 16.9 Å². The lowest BCUT2D eigenvalue weighted by atomic mass is 10.0. The maximum atomic E-state index is 13.3. The summed E-state index contributed by atoms with van der Waals surface area (Å²) in [5.74, 6) is -0.206. The molecule has 144 valence electrons. The van der Waals surface area contributed by atoms with Crippen LogP contribution in [0.5, 0.6) is 0 Å².